The second kappa shape index (κ2) is 14.3. The first kappa shape index (κ1) is 22.2. The lowest BCUT2D eigenvalue weighted by Crippen LogP contribution is -2.26. The van der Waals surface area contributed by atoms with Crippen LogP contribution in [0.4, 0.5) is 0 Å². The third kappa shape index (κ3) is 10.9. The van der Waals surface area contributed by atoms with Gasteiger partial charge in [0.15, 0.2) is 0 Å². The van der Waals surface area contributed by atoms with Crippen LogP contribution in [0.25, 0.3) is 0 Å². The van der Waals surface area contributed by atoms with Crippen molar-refractivity contribution in [1.82, 2.24) is 0 Å². The zero-order valence-electron chi connectivity index (χ0n) is 13.8. The molecule has 4 nitrogen and oxygen atoms in total. The number of hydrogen-bond donors (Lipinski definition) is 2. The number of aliphatic imine (C=N–C) groups is 2. The normalized spacial score (nSPS) is 22.9. The van der Waals surface area contributed by atoms with Crippen LogP contribution in [0.2, 0.25) is 0 Å². The van der Waals surface area contributed by atoms with Gasteiger partial charge in [0.25, 0.3) is 0 Å². The molecule has 1 aliphatic rings. The van der Waals surface area contributed by atoms with E-state index in [0.29, 0.717) is 34.1 Å². The van der Waals surface area contributed by atoms with Gasteiger partial charge in [0.05, 0.1) is 13.1 Å². The highest BCUT2D eigenvalue weighted by atomic mass is 32.2. The maximum absolute atomic E-state index is 10.0. The summed E-state index contributed by atoms with van der Waals surface area (Å²) in [6.07, 6.45) is 9.21. The largest absolute Gasteiger partial charge is 0.234 e. The number of thioether (sulfide) groups is 2. The van der Waals surface area contributed by atoms with E-state index in [-0.39, 0.29) is 0 Å². The van der Waals surface area contributed by atoms with Gasteiger partial charge in [-0.25, -0.2) is 19.6 Å². The second-order valence-corrected chi connectivity index (χ2v) is 10.0. The van der Waals surface area contributed by atoms with Crippen molar-refractivity contribution in [3.63, 3.8) is 0 Å². The molecule has 0 aliphatic carbocycles. The van der Waals surface area contributed by atoms with Gasteiger partial charge < -0.3 is 0 Å². The molecule has 0 aromatic heterocycles. The average molecular weight is 407 g/mol. The fourth-order valence-electron chi connectivity index (χ4n) is 2.60. The number of thiol groups is 2. The summed E-state index contributed by atoms with van der Waals surface area (Å²) in [6.45, 7) is 1.13. The molecule has 0 amide bonds. The monoisotopic (exact) mass is 406 g/mol. The Kier molecular flexibility index (Phi) is 13.3. The summed E-state index contributed by atoms with van der Waals surface area (Å²) in [5.41, 5.74) is 0. The van der Waals surface area contributed by atoms with E-state index in [1.807, 2.05) is 0 Å². The number of nitrogens with zero attached hydrogens (tertiary/aromatic N) is 2. The molecule has 0 radical (unpaired) electrons. The summed E-state index contributed by atoms with van der Waals surface area (Å²) in [5, 5.41) is 2.11. The number of isocyanates is 2. The molecular weight excluding hydrogens is 380 g/mol. The molecule has 4 atom stereocenters. The standard InChI is InChI=1S/C16H26N2O2S4/c19-11-17-5-1-3-13(21)7-15-9-24-16(10-23-15)8-14(22)4-2-6-18-12-20/h13-16,21-22H,1-10H2. The fraction of sp³-hybridized carbons (Fsp3) is 0.875. The number of carbonyl (C=O) groups excluding carboxylic acids is 2. The highest BCUT2D eigenvalue weighted by molar-refractivity contribution is 8.07. The van der Waals surface area contributed by atoms with Crippen LogP contribution in [0, 0.1) is 0 Å². The molecular formula is C16H26N2O2S4. The van der Waals surface area contributed by atoms with Crippen LogP contribution in [-0.4, -0.2) is 57.8 Å². The Morgan fingerprint density at radius 2 is 1.29 bits per heavy atom. The lowest BCUT2D eigenvalue weighted by Gasteiger charge is -2.30. The molecule has 1 fully saturated rings. The molecule has 24 heavy (non-hydrogen) atoms. The highest BCUT2D eigenvalue weighted by Crippen LogP contribution is 2.36. The Morgan fingerprint density at radius 3 is 1.62 bits per heavy atom. The van der Waals surface area contributed by atoms with Crippen LogP contribution in [0.3, 0.4) is 0 Å². The maximum atomic E-state index is 10.0. The summed E-state index contributed by atoms with van der Waals surface area (Å²) in [6, 6.07) is 0. The summed E-state index contributed by atoms with van der Waals surface area (Å²) >= 11 is 13.4. The minimum Gasteiger partial charge on any atom is -0.211 e. The van der Waals surface area contributed by atoms with E-state index in [2.05, 4.69) is 58.8 Å². The van der Waals surface area contributed by atoms with Crippen molar-refractivity contribution in [2.45, 2.75) is 59.5 Å². The van der Waals surface area contributed by atoms with Crippen LogP contribution in [0.1, 0.15) is 38.5 Å². The average Bonchev–Trinajstić information content (AvgIpc) is 2.57. The van der Waals surface area contributed by atoms with Gasteiger partial charge in [-0.2, -0.15) is 48.8 Å². The topological polar surface area (TPSA) is 58.9 Å². The van der Waals surface area contributed by atoms with Gasteiger partial charge in [0.2, 0.25) is 12.2 Å². The summed E-state index contributed by atoms with van der Waals surface area (Å²) in [5.74, 6) is 2.35. The minimum atomic E-state index is 0.387. The zero-order chi connectivity index (χ0) is 17.6. The van der Waals surface area contributed by atoms with E-state index in [1.165, 1.54) is 11.5 Å². The Balaban J connectivity index is 2.12. The quantitative estimate of drug-likeness (QED) is 0.224. The first-order valence-electron chi connectivity index (χ1n) is 8.32. The number of hydrogen-bond acceptors (Lipinski definition) is 8. The highest BCUT2D eigenvalue weighted by Gasteiger charge is 2.25. The molecule has 0 spiro atoms. The molecule has 1 saturated heterocycles. The van der Waals surface area contributed by atoms with Crippen molar-refractivity contribution in [2.75, 3.05) is 24.6 Å². The van der Waals surface area contributed by atoms with Crippen LogP contribution >= 0.6 is 48.8 Å². The maximum Gasteiger partial charge on any atom is 0.234 e. The van der Waals surface area contributed by atoms with E-state index in [1.54, 1.807) is 12.2 Å². The molecule has 0 aromatic rings. The van der Waals surface area contributed by atoms with E-state index in [0.717, 1.165) is 38.5 Å². The summed E-state index contributed by atoms with van der Waals surface area (Å²) < 4.78 is 0. The van der Waals surface area contributed by atoms with Crippen LogP contribution in [0.5, 0.6) is 0 Å². The summed E-state index contributed by atoms with van der Waals surface area (Å²) in [7, 11) is 0. The van der Waals surface area contributed by atoms with Crippen molar-refractivity contribution in [1.29, 1.82) is 0 Å². The zero-order valence-corrected chi connectivity index (χ0v) is 17.2. The third-order valence-corrected chi connectivity index (χ3v) is 8.06. The molecule has 0 aromatic carbocycles. The predicted molar refractivity (Wildman–Crippen MR) is 112 cm³/mol. The Labute approximate surface area is 164 Å². The van der Waals surface area contributed by atoms with Gasteiger partial charge in [-0.05, 0) is 38.5 Å². The predicted octanol–water partition coefficient (Wildman–Crippen LogP) is 3.81. The molecule has 0 bridgehead atoms. The lowest BCUT2D eigenvalue weighted by atomic mass is 10.1. The van der Waals surface area contributed by atoms with Gasteiger partial charge in [-0.1, -0.05) is 0 Å². The minimum absolute atomic E-state index is 0.387. The molecule has 0 saturated carbocycles. The van der Waals surface area contributed by atoms with Crippen molar-refractivity contribution in [2.24, 2.45) is 9.98 Å². The Hall–Kier alpha value is 0.160. The van der Waals surface area contributed by atoms with Crippen molar-refractivity contribution >= 4 is 60.9 Å². The lowest BCUT2D eigenvalue weighted by molar-refractivity contribution is 0.560. The molecule has 4 unspecified atom stereocenters. The molecule has 1 aliphatic heterocycles. The van der Waals surface area contributed by atoms with Gasteiger partial charge in [0.1, 0.15) is 0 Å². The Morgan fingerprint density at radius 1 is 0.875 bits per heavy atom. The van der Waals surface area contributed by atoms with Gasteiger partial charge in [-0.3, -0.25) is 0 Å². The van der Waals surface area contributed by atoms with E-state index in [9.17, 15) is 9.59 Å². The molecule has 0 N–H and O–H groups in total. The van der Waals surface area contributed by atoms with Crippen LogP contribution in [-0.2, 0) is 9.59 Å². The SMILES string of the molecule is O=C=NCCCC(S)CC1CSC(CC(S)CCCN=C=O)CS1. The molecule has 136 valence electrons. The first-order chi connectivity index (χ1) is 11.7. The Bertz CT molecular complexity index is 392. The fourth-order valence-corrected chi connectivity index (χ4v) is 6.98. The van der Waals surface area contributed by atoms with Crippen molar-refractivity contribution in [3.8, 4) is 0 Å². The van der Waals surface area contributed by atoms with Crippen LogP contribution in [0.15, 0.2) is 9.98 Å². The van der Waals surface area contributed by atoms with Gasteiger partial charge in [0, 0.05) is 32.5 Å². The van der Waals surface area contributed by atoms with E-state index >= 15 is 0 Å². The van der Waals surface area contributed by atoms with Gasteiger partial charge in [-0.15, -0.1) is 0 Å². The molecule has 1 heterocycles. The smallest absolute Gasteiger partial charge is 0.211 e. The summed E-state index contributed by atoms with van der Waals surface area (Å²) in [4.78, 5) is 27.2. The second-order valence-electron chi connectivity index (χ2n) is 5.92. The van der Waals surface area contributed by atoms with E-state index in [4.69, 9.17) is 0 Å². The molecule has 8 heteroatoms. The van der Waals surface area contributed by atoms with Crippen LogP contribution < -0.4 is 0 Å². The molecule has 1 rings (SSSR count). The number of rotatable bonds is 12. The van der Waals surface area contributed by atoms with Crippen molar-refractivity contribution in [3.05, 3.63) is 0 Å². The van der Waals surface area contributed by atoms with Gasteiger partial charge >= 0.3 is 0 Å². The first-order valence-corrected chi connectivity index (χ1v) is 11.4. The van der Waals surface area contributed by atoms with Crippen molar-refractivity contribution < 1.29 is 9.59 Å². The van der Waals surface area contributed by atoms with E-state index < -0.39 is 0 Å². The third-order valence-electron chi connectivity index (χ3n) is 3.85.